The van der Waals surface area contributed by atoms with Crippen LogP contribution in [0.15, 0.2) is 39.9 Å². The first kappa shape index (κ1) is 15.2. The Hall–Kier alpha value is -2.35. The molecule has 0 spiro atoms. The minimum atomic E-state index is -0.190. The number of hydrogen-bond donors (Lipinski definition) is 1. The van der Waals surface area contributed by atoms with Crippen molar-refractivity contribution in [2.45, 2.75) is 37.0 Å². The lowest BCUT2D eigenvalue weighted by atomic mass is 10.2. The summed E-state index contributed by atoms with van der Waals surface area (Å²) in [7, 11) is 0. The first-order chi connectivity index (χ1) is 11.7. The molecule has 1 atom stereocenters. The summed E-state index contributed by atoms with van der Waals surface area (Å²) < 4.78 is 7.59. The molecule has 0 radical (unpaired) electrons. The number of rotatable bonds is 6. The number of thioether (sulfide) groups is 1. The SMILES string of the molecule is CC(NC(=O)CSc1nnnn1C1CC1)c1cc2ccccc2o1. The van der Waals surface area contributed by atoms with Crippen LogP contribution in [0.25, 0.3) is 11.0 Å². The number of furan rings is 1. The molecule has 1 saturated carbocycles. The third-order valence-corrected chi connectivity index (χ3v) is 4.87. The Kier molecular flexibility index (Phi) is 3.97. The maximum Gasteiger partial charge on any atom is 0.231 e. The molecule has 0 bridgehead atoms. The predicted octanol–water partition coefficient (Wildman–Crippen LogP) is 2.72. The van der Waals surface area contributed by atoms with E-state index in [0.29, 0.717) is 11.2 Å². The predicted molar refractivity (Wildman–Crippen MR) is 89.6 cm³/mol. The molecule has 2 heterocycles. The Balaban J connectivity index is 1.35. The second-order valence-electron chi connectivity index (χ2n) is 5.90. The summed E-state index contributed by atoms with van der Waals surface area (Å²) in [5.74, 6) is 0.952. The molecule has 1 unspecified atom stereocenters. The van der Waals surface area contributed by atoms with E-state index in [2.05, 4.69) is 20.8 Å². The number of nitrogens with one attached hydrogen (secondary N) is 1. The van der Waals surface area contributed by atoms with Crippen molar-refractivity contribution < 1.29 is 9.21 Å². The topological polar surface area (TPSA) is 85.8 Å². The number of benzene rings is 1. The Morgan fingerprint density at radius 3 is 3.08 bits per heavy atom. The van der Waals surface area contributed by atoms with E-state index in [1.807, 2.05) is 37.3 Å². The summed E-state index contributed by atoms with van der Waals surface area (Å²) in [5, 5.41) is 16.3. The first-order valence-corrected chi connectivity index (χ1v) is 8.88. The van der Waals surface area contributed by atoms with Crippen LogP contribution in [-0.2, 0) is 4.79 Å². The van der Waals surface area contributed by atoms with Gasteiger partial charge in [0.05, 0.1) is 17.8 Å². The van der Waals surface area contributed by atoms with Gasteiger partial charge in [-0.15, -0.1) is 5.10 Å². The molecule has 1 N–H and O–H groups in total. The smallest absolute Gasteiger partial charge is 0.231 e. The van der Waals surface area contributed by atoms with Crippen molar-refractivity contribution in [3.63, 3.8) is 0 Å². The van der Waals surface area contributed by atoms with Gasteiger partial charge in [0.1, 0.15) is 11.3 Å². The fourth-order valence-corrected chi connectivity index (χ4v) is 3.28. The highest BCUT2D eigenvalue weighted by Gasteiger charge is 2.28. The molecule has 4 rings (SSSR count). The molecule has 1 aromatic carbocycles. The van der Waals surface area contributed by atoms with Crippen LogP contribution in [0.4, 0.5) is 0 Å². The molecule has 7 nitrogen and oxygen atoms in total. The number of amides is 1. The lowest BCUT2D eigenvalue weighted by molar-refractivity contribution is -0.119. The van der Waals surface area contributed by atoms with E-state index in [1.165, 1.54) is 11.8 Å². The number of aromatic nitrogens is 4. The Labute approximate surface area is 142 Å². The van der Waals surface area contributed by atoms with Crippen LogP contribution in [0.2, 0.25) is 0 Å². The van der Waals surface area contributed by atoms with E-state index in [4.69, 9.17) is 4.42 Å². The first-order valence-electron chi connectivity index (χ1n) is 7.89. The van der Waals surface area contributed by atoms with Crippen LogP contribution in [-0.4, -0.2) is 31.9 Å². The second-order valence-corrected chi connectivity index (χ2v) is 6.84. The van der Waals surface area contributed by atoms with Gasteiger partial charge in [0.2, 0.25) is 11.1 Å². The van der Waals surface area contributed by atoms with Crippen LogP contribution >= 0.6 is 11.8 Å². The van der Waals surface area contributed by atoms with E-state index in [0.717, 1.165) is 29.6 Å². The zero-order valence-electron chi connectivity index (χ0n) is 13.2. The van der Waals surface area contributed by atoms with Gasteiger partial charge >= 0.3 is 0 Å². The summed E-state index contributed by atoms with van der Waals surface area (Å²) in [6, 6.07) is 9.97. The number of carbonyl (C=O) groups is 1. The number of carbonyl (C=O) groups excluding carboxylic acids is 1. The molecule has 1 aliphatic rings. The lowest BCUT2D eigenvalue weighted by Gasteiger charge is -2.11. The van der Waals surface area contributed by atoms with Gasteiger partial charge < -0.3 is 9.73 Å². The lowest BCUT2D eigenvalue weighted by Crippen LogP contribution is -2.28. The highest BCUT2D eigenvalue weighted by Crippen LogP contribution is 2.36. The summed E-state index contributed by atoms with van der Waals surface area (Å²) >= 11 is 1.36. The van der Waals surface area contributed by atoms with Gasteiger partial charge in [0, 0.05) is 5.39 Å². The average molecular weight is 343 g/mol. The molecule has 24 heavy (non-hydrogen) atoms. The van der Waals surface area contributed by atoms with Crippen molar-refractivity contribution in [1.82, 2.24) is 25.5 Å². The van der Waals surface area contributed by atoms with Gasteiger partial charge in [-0.3, -0.25) is 4.79 Å². The quantitative estimate of drug-likeness (QED) is 0.693. The minimum absolute atomic E-state index is 0.0710. The molecule has 1 aliphatic carbocycles. The van der Waals surface area contributed by atoms with Crippen molar-refractivity contribution in [3.8, 4) is 0 Å². The average Bonchev–Trinajstić information content (AvgIpc) is 3.16. The number of para-hydroxylation sites is 1. The molecule has 124 valence electrons. The van der Waals surface area contributed by atoms with Gasteiger partial charge in [0.25, 0.3) is 0 Å². The molecule has 2 aromatic heterocycles. The van der Waals surface area contributed by atoms with Gasteiger partial charge in [0.15, 0.2) is 0 Å². The normalized spacial score (nSPS) is 15.5. The fraction of sp³-hybridized carbons (Fsp3) is 0.375. The van der Waals surface area contributed by atoms with Crippen molar-refractivity contribution in [2.75, 3.05) is 5.75 Å². The number of hydrogen-bond acceptors (Lipinski definition) is 6. The zero-order valence-corrected chi connectivity index (χ0v) is 14.0. The number of tetrazole rings is 1. The van der Waals surface area contributed by atoms with Crippen molar-refractivity contribution >= 4 is 28.6 Å². The van der Waals surface area contributed by atoms with Gasteiger partial charge in [-0.05, 0) is 42.3 Å². The number of fused-ring (bicyclic) bond motifs is 1. The summed E-state index contributed by atoms with van der Waals surface area (Å²) in [6.07, 6.45) is 2.21. The maximum absolute atomic E-state index is 12.2. The van der Waals surface area contributed by atoms with E-state index < -0.39 is 0 Å². The summed E-state index contributed by atoms with van der Waals surface area (Å²) in [4.78, 5) is 12.2. The fourth-order valence-electron chi connectivity index (χ4n) is 2.53. The van der Waals surface area contributed by atoms with Crippen LogP contribution in [0.5, 0.6) is 0 Å². The zero-order chi connectivity index (χ0) is 16.5. The Bertz CT molecular complexity index is 837. The molecule has 3 aromatic rings. The molecular weight excluding hydrogens is 326 g/mol. The van der Waals surface area contributed by atoms with Crippen molar-refractivity contribution in [3.05, 3.63) is 36.1 Å². The summed E-state index contributed by atoms with van der Waals surface area (Å²) in [5.41, 5.74) is 0.826. The Morgan fingerprint density at radius 1 is 1.46 bits per heavy atom. The van der Waals surface area contributed by atoms with Gasteiger partial charge in [-0.25, -0.2) is 4.68 Å². The van der Waals surface area contributed by atoms with Gasteiger partial charge in [-0.1, -0.05) is 30.0 Å². The molecule has 1 fully saturated rings. The standard InChI is InChI=1S/C16H17N5O2S/c1-10(14-8-11-4-2-3-5-13(11)23-14)17-15(22)9-24-16-18-19-20-21(16)12-6-7-12/h2-5,8,10,12H,6-7,9H2,1H3,(H,17,22). The van der Waals surface area contributed by atoms with Crippen molar-refractivity contribution in [2.24, 2.45) is 0 Å². The van der Waals surface area contributed by atoms with E-state index in [1.54, 1.807) is 4.68 Å². The van der Waals surface area contributed by atoms with E-state index >= 15 is 0 Å². The van der Waals surface area contributed by atoms with Gasteiger partial charge in [-0.2, -0.15) is 0 Å². The molecule has 0 aliphatic heterocycles. The molecular formula is C16H17N5O2S. The maximum atomic E-state index is 12.2. The molecule has 1 amide bonds. The van der Waals surface area contributed by atoms with Crippen LogP contribution in [0.1, 0.15) is 37.6 Å². The monoisotopic (exact) mass is 343 g/mol. The second kappa shape index (κ2) is 6.27. The minimum Gasteiger partial charge on any atom is -0.459 e. The highest BCUT2D eigenvalue weighted by molar-refractivity contribution is 7.99. The van der Waals surface area contributed by atoms with E-state index in [-0.39, 0.29) is 17.7 Å². The largest absolute Gasteiger partial charge is 0.459 e. The Morgan fingerprint density at radius 2 is 2.29 bits per heavy atom. The third-order valence-electron chi connectivity index (χ3n) is 3.94. The number of nitrogens with zero attached hydrogens (tertiary/aromatic N) is 4. The summed E-state index contributed by atoms with van der Waals surface area (Å²) in [6.45, 7) is 1.91. The van der Waals surface area contributed by atoms with Crippen LogP contribution in [0.3, 0.4) is 0 Å². The molecule has 8 heteroatoms. The highest BCUT2D eigenvalue weighted by atomic mass is 32.2. The van der Waals surface area contributed by atoms with Crippen LogP contribution < -0.4 is 5.32 Å². The van der Waals surface area contributed by atoms with E-state index in [9.17, 15) is 4.79 Å². The van der Waals surface area contributed by atoms with Crippen molar-refractivity contribution in [1.29, 1.82) is 0 Å². The third kappa shape index (κ3) is 3.14. The molecule has 0 saturated heterocycles. The van der Waals surface area contributed by atoms with Crippen LogP contribution in [0, 0.1) is 0 Å².